The Bertz CT molecular complexity index is 2170. The predicted octanol–water partition coefficient (Wildman–Crippen LogP) is 6.75. The highest BCUT2D eigenvalue weighted by molar-refractivity contribution is 6.33. The maximum Gasteiger partial charge on any atom is 0.417 e. The zero-order chi connectivity index (χ0) is 40.3. The average Bonchev–Trinajstić information content (AvgIpc) is 3.52. The van der Waals surface area contributed by atoms with Crippen molar-refractivity contribution >= 4 is 58.6 Å². The number of carboxylic acids is 1. The Kier molecular flexibility index (Phi) is 10.3. The van der Waals surface area contributed by atoms with Crippen LogP contribution in [0.1, 0.15) is 61.1 Å². The third-order valence-electron chi connectivity index (χ3n) is 11.5. The van der Waals surface area contributed by atoms with Crippen molar-refractivity contribution in [3.63, 3.8) is 0 Å². The number of rotatable bonds is 11. The number of phenolic OH excluding ortho intramolecular Hbond substituents is 1. The Morgan fingerprint density at radius 3 is 2.41 bits per heavy atom. The van der Waals surface area contributed by atoms with Crippen molar-refractivity contribution in [3.05, 3.63) is 93.1 Å². The van der Waals surface area contributed by atoms with Crippen LogP contribution in [-0.2, 0) is 35.6 Å². The lowest BCUT2D eigenvalue weighted by Crippen LogP contribution is -2.53. The molecule has 3 fully saturated rings. The maximum atomic E-state index is 15.3. The van der Waals surface area contributed by atoms with E-state index in [0.717, 1.165) is 0 Å². The van der Waals surface area contributed by atoms with Gasteiger partial charge in [0.15, 0.2) is 5.82 Å². The molecule has 1 saturated carbocycles. The number of hydrazine groups is 1. The first-order chi connectivity index (χ1) is 26.6. The van der Waals surface area contributed by atoms with Gasteiger partial charge in [-0.2, -0.15) is 18.2 Å². The molecule has 0 bridgehead atoms. The molecule has 2 saturated heterocycles. The number of allylic oxidation sites excluding steroid dienone is 2. The number of phenols is 1. The third-order valence-corrected chi connectivity index (χ3v) is 12.0. The molecule has 7 rings (SSSR count). The van der Waals surface area contributed by atoms with E-state index in [1.165, 1.54) is 36.3 Å². The summed E-state index contributed by atoms with van der Waals surface area (Å²) in [5.74, 6) is -8.92. The van der Waals surface area contributed by atoms with E-state index in [2.05, 4.69) is 10.4 Å². The van der Waals surface area contributed by atoms with E-state index in [4.69, 9.17) is 33.0 Å². The van der Waals surface area contributed by atoms with Gasteiger partial charge < -0.3 is 14.9 Å². The molecule has 0 spiro atoms. The average molecular weight is 816 g/mol. The number of nitrogens with zero attached hydrogens (tertiary/aromatic N) is 3. The zero-order valence-corrected chi connectivity index (χ0v) is 31.2. The fourth-order valence-corrected chi connectivity index (χ4v) is 9.44. The molecule has 2 aliphatic carbocycles. The molecule has 4 aliphatic rings. The number of fused-ring (bicyclic) bond motifs is 4. The molecule has 6 atom stereocenters. The fourth-order valence-electron chi connectivity index (χ4n) is 9.11. The Hall–Kier alpha value is -5.15. The summed E-state index contributed by atoms with van der Waals surface area (Å²) in [6.45, 7) is 0.0806. The number of carboxylic acid groups (broad SMARTS) is 1. The van der Waals surface area contributed by atoms with Gasteiger partial charge in [-0.05, 0) is 67.5 Å². The van der Waals surface area contributed by atoms with Crippen LogP contribution in [0.25, 0.3) is 0 Å². The molecule has 1 aromatic heterocycles. The van der Waals surface area contributed by atoms with Crippen molar-refractivity contribution in [2.24, 2.45) is 23.7 Å². The number of alkyl halides is 3. The highest BCUT2D eigenvalue weighted by Crippen LogP contribution is 2.66. The van der Waals surface area contributed by atoms with Crippen LogP contribution in [0.4, 0.5) is 19.0 Å². The van der Waals surface area contributed by atoms with Crippen LogP contribution in [0.5, 0.6) is 11.5 Å². The summed E-state index contributed by atoms with van der Waals surface area (Å²) in [4.78, 5) is 74.2. The first-order valence-electron chi connectivity index (χ1n) is 17.9. The molecule has 294 valence electrons. The number of amides is 4. The number of benzene rings is 2. The van der Waals surface area contributed by atoms with E-state index in [1.54, 1.807) is 24.3 Å². The maximum absolute atomic E-state index is 15.3. The Balaban J connectivity index is 1.37. The standard InChI is InChI=1S/C39H35Cl2F3N4O8/c1-56-28-7-5-6-27(49)31(28)32-22-13-14-23-30(36(54)47(34(23)52)15-4-2-3-8-29(50)51)24(22)17-25-35(53)48(37(55)38(25,32)19-9-11-21(40)12-10-19)46-33-26(41)16-20(18-45-33)39(42,43)44/h5-7,9-13,16,18,23-25,30,32,49H,2-4,8,14-15,17H2,1H3,(H,45,46)(H,50,51). The predicted molar refractivity (Wildman–Crippen MR) is 194 cm³/mol. The zero-order valence-electron chi connectivity index (χ0n) is 29.7. The molecule has 56 heavy (non-hydrogen) atoms. The summed E-state index contributed by atoms with van der Waals surface area (Å²) in [6.07, 6.45) is -1.27. The second-order valence-corrected chi connectivity index (χ2v) is 15.2. The van der Waals surface area contributed by atoms with Gasteiger partial charge in [0.2, 0.25) is 11.8 Å². The summed E-state index contributed by atoms with van der Waals surface area (Å²) in [7, 11) is 1.37. The number of pyridine rings is 1. The number of likely N-dealkylation sites (tertiary alicyclic amines) is 1. The number of aliphatic carboxylic acids is 1. The Morgan fingerprint density at radius 2 is 1.75 bits per heavy atom. The molecular weight excluding hydrogens is 780 g/mol. The number of ether oxygens (including phenoxy) is 1. The minimum absolute atomic E-state index is 0.0454. The molecule has 3 N–H and O–H groups in total. The van der Waals surface area contributed by atoms with E-state index < -0.39 is 81.3 Å². The number of carbonyl (C=O) groups is 5. The van der Waals surface area contributed by atoms with Crippen molar-refractivity contribution in [2.75, 3.05) is 19.1 Å². The van der Waals surface area contributed by atoms with Gasteiger partial charge in [-0.3, -0.25) is 34.3 Å². The summed E-state index contributed by atoms with van der Waals surface area (Å²) in [5.41, 5.74) is 0.533. The molecule has 6 unspecified atom stereocenters. The van der Waals surface area contributed by atoms with Gasteiger partial charge in [0.25, 0.3) is 11.8 Å². The largest absolute Gasteiger partial charge is 0.508 e. The van der Waals surface area contributed by atoms with Gasteiger partial charge in [-0.1, -0.05) is 59.5 Å². The lowest BCUT2D eigenvalue weighted by atomic mass is 9.49. The van der Waals surface area contributed by atoms with Gasteiger partial charge in [0.05, 0.1) is 40.9 Å². The lowest BCUT2D eigenvalue weighted by Gasteiger charge is -2.50. The number of aromatic hydroxyl groups is 1. The highest BCUT2D eigenvalue weighted by atomic mass is 35.5. The van der Waals surface area contributed by atoms with Gasteiger partial charge in [0.1, 0.15) is 11.5 Å². The first kappa shape index (κ1) is 39.1. The topological polar surface area (TPSA) is 166 Å². The second kappa shape index (κ2) is 14.7. The Labute approximate surface area is 328 Å². The summed E-state index contributed by atoms with van der Waals surface area (Å²) >= 11 is 12.6. The molecule has 17 heteroatoms. The Morgan fingerprint density at radius 1 is 1.02 bits per heavy atom. The van der Waals surface area contributed by atoms with Crippen molar-refractivity contribution in [3.8, 4) is 11.5 Å². The summed E-state index contributed by atoms with van der Waals surface area (Å²) < 4.78 is 46.2. The number of unbranched alkanes of at least 4 members (excludes halogenated alkanes) is 2. The molecule has 2 aliphatic heterocycles. The number of imide groups is 2. The number of carbonyl (C=O) groups excluding carboxylic acids is 4. The number of methoxy groups -OCH3 is 1. The summed E-state index contributed by atoms with van der Waals surface area (Å²) in [5, 5.41) is 21.1. The SMILES string of the molecule is COc1cccc(O)c1C1C2=CCC3C(=O)N(CCCCCC(=O)O)C(=O)C3C2CC2C(=O)N(Nc3ncc(C(F)(F)F)cc3Cl)C(=O)C21c1ccc(Cl)cc1. The van der Waals surface area contributed by atoms with Crippen molar-refractivity contribution in [1.82, 2.24) is 14.9 Å². The quantitative estimate of drug-likeness (QED) is 0.107. The van der Waals surface area contributed by atoms with E-state index in [0.29, 0.717) is 52.7 Å². The van der Waals surface area contributed by atoms with Gasteiger partial charge in [-0.25, -0.2) is 4.98 Å². The minimum Gasteiger partial charge on any atom is -0.508 e. The minimum atomic E-state index is -4.77. The summed E-state index contributed by atoms with van der Waals surface area (Å²) in [6, 6.07) is 11.4. The van der Waals surface area contributed by atoms with Crippen LogP contribution in [0.2, 0.25) is 10.0 Å². The number of hydrogen-bond acceptors (Lipinski definition) is 9. The number of aromatic nitrogens is 1. The van der Waals surface area contributed by atoms with Crippen molar-refractivity contribution in [1.29, 1.82) is 0 Å². The van der Waals surface area contributed by atoms with Gasteiger partial charge in [0, 0.05) is 35.7 Å². The molecule has 2 aromatic carbocycles. The molecule has 12 nitrogen and oxygen atoms in total. The van der Waals surface area contributed by atoms with Gasteiger partial charge >= 0.3 is 12.1 Å². The molecule has 4 amide bonds. The number of hydrogen-bond donors (Lipinski definition) is 3. The van der Waals surface area contributed by atoms with Crippen LogP contribution < -0.4 is 10.2 Å². The fraction of sp³-hybridized carbons (Fsp3) is 0.385. The highest BCUT2D eigenvalue weighted by Gasteiger charge is 2.71. The van der Waals surface area contributed by atoms with Crippen molar-refractivity contribution < 1.29 is 52.1 Å². The third kappa shape index (κ3) is 6.34. The van der Waals surface area contributed by atoms with Crippen LogP contribution >= 0.6 is 23.2 Å². The van der Waals surface area contributed by atoms with E-state index in [9.17, 15) is 37.5 Å². The first-order valence-corrected chi connectivity index (χ1v) is 18.6. The monoisotopic (exact) mass is 814 g/mol. The number of anilines is 1. The van der Waals surface area contributed by atoms with Crippen molar-refractivity contribution in [2.45, 2.75) is 56.0 Å². The van der Waals surface area contributed by atoms with Crippen LogP contribution in [-0.4, -0.2) is 68.4 Å². The van der Waals surface area contributed by atoms with E-state index >= 15 is 4.79 Å². The van der Waals surface area contributed by atoms with E-state index in [-0.39, 0.29) is 48.8 Å². The normalized spacial score (nSPS) is 25.8. The molecule has 3 heterocycles. The lowest BCUT2D eigenvalue weighted by molar-refractivity contribution is -0.141. The smallest absolute Gasteiger partial charge is 0.417 e. The molecule has 0 radical (unpaired) electrons. The van der Waals surface area contributed by atoms with Crippen LogP contribution in [0, 0.1) is 23.7 Å². The molecule has 3 aromatic rings. The van der Waals surface area contributed by atoms with E-state index in [1.807, 2.05) is 0 Å². The number of nitrogens with one attached hydrogen (secondary N) is 1. The van der Waals surface area contributed by atoms with Crippen LogP contribution in [0.15, 0.2) is 66.4 Å². The van der Waals surface area contributed by atoms with Gasteiger partial charge in [-0.15, -0.1) is 0 Å². The van der Waals surface area contributed by atoms with Crippen LogP contribution in [0.3, 0.4) is 0 Å². The second-order valence-electron chi connectivity index (χ2n) is 14.3. The molecular formula is C39H35Cl2F3N4O8. The number of halogens is 5.